The van der Waals surface area contributed by atoms with E-state index in [4.69, 9.17) is 9.47 Å². The smallest absolute Gasteiger partial charge is 0.414 e. The maximum absolute atomic E-state index is 12.2. The highest BCUT2D eigenvalue weighted by atomic mass is 16.5. The van der Waals surface area contributed by atoms with Crippen LogP contribution in [0.5, 0.6) is 0 Å². The van der Waals surface area contributed by atoms with Crippen LogP contribution < -0.4 is 5.32 Å². The lowest BCUT2D eigenvalue weighted by Crippen LogP contribution is -2.51. The summed E-state index contributed by atoms with van der Waals surface area (Å²) in [4.78, 5) is 25.9. The summed E-state index contributed by atoms with van der Waals surface area (Å²) >= 11 is 0. The normalized spacial score (nSPS) is 18.7. The number of nitrogens with zero attached hydrogens (tertiary/aromatic N) is 1. The number of rotatable bonds is 5. The lowest BCUT2D eigenvalue weighted by Gasteiger charge is -2.33. The summed E-state index contributed by atoms with van der Waals surface area (Å²) in [5.74, 6) is -0.324. The lowest BCUT2D eigenvalue weighted by atomic mass is 10.0. The fraction of sp³-hybridized carbons (Fsp3) is 0.500. The summed E-state index contributed by atoms with van der Waals surface area (Å²) in [6.07, 6.45) is 2.02. The molecule has 1 fully saturated rings. The average Bonchev–Trinajstić information content (AvgIpc) is 2.55. The molecule has 1 aliphatic rings. The summed E-state index contributed by atoms with van der Waals surface area (Å²) in [5.41, 5.74) is 0.878. The molecule has 0 saturated carbocycles. The molecule has 2 rings (SSSR count). The number of likely N-dealkylation sites (tertiary alicyclic amines) is 1. The second-order valence-electron chi connectivity index (χ2n) is 5.29. The molecule has 22 heavy (non-hydrogen) atoms. The number of methoxy groups -OCH3 is 1. The van der Waals surface area contributed by atoms with Gasteiger partial charge in [-0.25, -0.2) is 4.79 Å². The standard InChI is InChI=1S/C16H22N2O4/c1-21-12-18-10-6-5-9-14(18)15(19)17-16(20)22-11-13-7-3-2-4-8-13/h2-4,7-8,14H,5-6,9-12H2,1H3,(H,17,19,20). The van der Waals surface area contributed by atoms with Crippen LogP contribution in [0, 0.1) is 0 Å². The van der Waals surface area contributed by atoms with Crippen LogP contribution in [0.25, 0.3) is 0 Å². The molecule has 0 aliphatic carbocycles. The van der Waals surface area contributed by atoms with Crippen LogP contribution in [0.1, 0.15) is 24.8 Å². The Balaban J connectivity index is 1.81. The van der Waals surface area contributed by atoms with E-state index in [0.717, 1.165) is 31.4 Å². The highest BCUT2D eigenvalue weighted by Gasteiger charge is 2.29. The minimum Gasteiger partial charge on any atom is -0.444 e. The molecule has 1 aliphatic heterocycles. The van der Waals surface area contributed by atoms with E-state index in [1.165, 1.54) is 0 Å². The van der Waals surface area contributed by atoms with Gasteiger partial charge >= 0.3 is 6.09 Å². The molecule has 1 atom stereocenters. The minimum absolute atomic E-state index is 0.145. The second kappa shape index (κ2) is 8.51. The van der Waals surface area contributed by atoms with Crippen LogP contribution in [0.15, 0.2) is 30.3 Å². The highest BCUT2D eigenvalue weighted by molar-refractivity contribution is 5.94. The molecular formula is C16H22N2O4. The first-order valence-electron chi connectivity index (χ1n) is 7.45. The Morgan fingerprint density at radius 2 is 2.05 bits per heavy atom. The van der Waals surface area contributed by atoms with Gasteiger partial charge in [-0.05, 0) is 18.4 Å². The van der Waals surface area contributed by atoms with Gasteiger partial charge in [-0.1, -0.05) is 36.8 Å². The van der Waals surface area contributed by atoms with Gasteiger partial charge in [-0.3, -0.25) is 15.0 Å². The van der Waals surface area contributed by atoms with Crippen LogP contribution in [0.4, 0.5) is 4.79 Å². The third kappa shape index (κ3) is 4.82. The minimum atomic E-state index is -0.711. The largest absolute Gasteiger partial charge is 0.444 e. The molecule has 120 valence electrons. The molecule has 0 bridgehead atoms. The highest BCUT2D eigenvalue weighted by Crippen LogP contribution is 2.16. The van der Waals surface area contributed by atoms with E-state index in [0.29, 0.717) is 6.73 Å². The number of hydrogen-bond acceptors (Lipinski definition) is 5. The van der Waals surface area contributed by atoms with Gasteiger partial charge < -0.3 is 9.47 Å². The van der Waals surface area contributed by atoms with E-state index in [1.54, 1.807) is 7.11 Å². The van der Waals surface area contributed by atoms with Gasteiger partial charge in [0.25, 0.3) is 0 Å². The maximum Gasteiger partial charge on any atom is 0.414 e. The average molecular weight is 306 g/mol. The fourth-order valence-corrected chi connectivity index (χ4v) is 2.55. The van der Waals surface area contributed by atoms with E-state index >= 15 is 0 Å². The number of carbonyl (C=O) groups excluding carboxylic acids is 2. The van der Waals surface area contributed by atoms with Gasteiger partial charge in [0.15, 0.2) is 0 Å². The van der Waals surface area contributed by atoms with Gasteiger partial charge in [-0.15, -0.1) is 0 Å². The van der Waals surface area contributed by atoms with Crippen molar-refractivity contribution in [1.29, 1.82) is 0 Å². The zero-order valence-corrected chi connectivity index (χ0v) is 12.8. The molecule has 0 aromatic heterocycles. The molecule has 0 radical (unpaired) electrons. The van der Waals surface area contributed by atoms with Gasteiger partial charge in [0, 0.05) is 13.7 Å². The Kier molecular flexibility index (Phi) is 6.36. The molecule has 1 aromatic rings. The Morgan fingerprint density at radius 3 is 2.77 bits per heavy atom. The Morgan fingerprint density at radius 1 is 1.27 bits per heavy atom. The number of imide groups is 1. The van der Waals surface area contributed by atoms with Crippen molar-refractivity contribution in [2.45, 2.75) is 31.9 Å². The molecule has 1 saturated heterocycles. The first-order chi connectivity index (χ1) is 10.7. The number of hydrogen-bond donors (Lipinski definition) is 1. The third-order valence-electron chi connectivity index (χ3n) is 3.65. The molecular weight excluding hydrogens is 284 g/mol. The second-order valence-corrected chi connectivity index (χ2v) is 5.29. The predicted octanol–water partition coefficient (Wildman–Crippen LogP) is 1.90. The predicted molar refractivity (Wildman–Crippen MR) is 81.0 cm³/mol. The molecule has 2 amide bonds. The number of amides is 2. The zero-order valence-electron chi connectivity index (χ0n) is 12.8. The van der Waals surface area contributed by atoms with Crippen molar-refractivity contribution in [1.82, 2.24) is 10.2 Å². The number of alkyl carbamates (subject to hydrolysis) is 1. The Hall–Kier alpha value is -1.92. The van der Waals surface area contributed by atoms with E-state index in [9.17, 15) is 9.59 Å². The van der Waals surface area contributed by atoms with E-state index < -0.39 is 6.09 Å². The number of piperidine rings is 1. The summed E-state index contributed by atoms with van der Waals surface area (Å²) in [7, 11) is 1.59. The number of carbonyl (C=O) groups is 2. The van der Waals surface area contributed by atoms with Gasteiger partial charge in [-0.2, -0.15) is 0 Å². The first-order valence-corrected chi connectivity index (χ1v) is 7.45. The fourth-order valence-electron chi connectivity index (χ4n) is 2.55. The van der Waals surface area contributed by atoms with Crippen LogP contribution in [0.3, 0.4) is 0 Å². The number of benzene rings is 1. The van der Waals surface area contributed by atoms with Gasteiger partial charge in [0.05, 0.1) is 12.8 Å². The molecule has 6 heteroatoms. The maximum atomic E-state index is 12.2. The van der Waals surface area contributed by atoms with Gasteiger partial charge in [0.1, 0.15) is 6.61 Å². The van der Waals surface area contributed by atoms with Crippen molar-refractivity contribution in [3.8, 4) is 0 Å². The summed E-state index contributed by atoms with van der Waals surface area (Å²) in [5, 5.41) is 2.31. The van der Waals surface area contributed by atoms with Crippen molar-refractivity contribution >= 4 is 12.0 Å². The number of ether oxygens (including phenoxy) is 2. The lowest BCUT2D eigenvalue weighted by molar-refractivity contribution is -0.129. The number of nitrogens with one attached hydrogen (secondary N) is 1. The molecule has 1 heterocycles. The quantitative estimate of drug-likeness (QED) is 0.900. The molecule has 6 nitrogen and oxygen atoms in total. The van der Waals surface area contributed by atoms with Crippen molar-refractivity contribution < 1.29 is 19.1 Å². The topological polar surface area (TPSA) is 67.9 Å². The summed E-state index contributed by atoms with van der Waals surface area (Å²) < 4.78 is 10.2. The molecule has 1 unspecified atom stereocenters. The van der Waals surface area contributed by atoms with Crippen molar-refractivity contribution in [3.05, 3.63) is 35.9 Å². The first kappa shape index (κ1) is 16.5. The monoisotopic (exact) mass is 306 g/mol. The van der Waals surface area contributed by atoms with Crippen molar-refractivity contribution in [3.63, 3.8) is 0 Å². The van der Waals surface area contributed by atoms with Gasteiger partial charge in [0.2, 0.25) is 5.91 Å². The van der Waals surface area contributed by atoms with Crippen LogP contribution >= 0.6 is 0 Å². The van der Waals surface area contributed by atoms with Crippen molar-refractivity contribution in [2.24, 2.45) is 0 Å². The zero-order chi connectivity index (χ0) is 15.8. The van der Waals surface area contributed by atoms with Crippen molar-refractivity contribution in [2.75, 3.05) is 20.4 Å². The van der Waals surface area contributed by atoms with Crippen LogP contribution in [-0.4, -0.2) is 43.3 Å². The van der Waals surface area contributed by atoms with E-state index in [-0.39, 0.29) is 18.6 Å². The summed E-state index contributed by atoms with van der Waals surface area (Å²) in [6.45, 7) is 1.33. The Bertz CT molecular complexity index is 490. The molecule has 1 aromatic carbocycles. The molecule has 0 spiro atoms. The third-order valence-corrected chi connectivity index (χ3v) is 3.65. The summed E-state index contributed by atoms with van der Waals surface area (Å²) in [6, 6.07) is 9.00. The Labute approximate surface area is 130 Å². The van der Waals surface area contributed by atoms with E-state index in [2.05, 4.69) is 5.32 Å². The van der Waals surface area contributed by atoms with Crippen LogP contribution in [-0.2, 0) is 20.9 Å². The SMILES string of the molecule is COCN1CCCCC1C(=O)NC(=O)OCc1ccccc1. The van der Waals surface area contributed by atoms with Crippen LogP contribution in [0.2, 0.25) is 0 Å². The molecule has 1 N–H and O–H groups in total. The van der Waals surface area contributed by atoms with E-state index in [1.807, 2.05) is 35.2 Å².